The zero-order valence-electron chi connectivity index (χ0n) is 21.8. The molecule has 7 nitrogen and oxygen atoms in total. The second-order valence-corrected chi connectivity index (χ2v) is 10.1. The molecular formula is C30H34N4O3. The summed E-state index contributed by atoms with van der Waals surface area (Å²) in [6.07, 6.45) is 4.26. The van der Waals surface area contributed by atoms with Crippen molar-refractivity contribution < 1.29 is 14.0 Å². The number of likely N-dealkylation sites (tertiary alicyclic amines) is 1. The van der Waals surface area contributed by atoms with Crippen LogP contribution in [0.1, 0.15) is 63.5 Å². The van der Waals surface area contributed by atoms with Crippen LogP contribution >= 0.6 is 0 Å². The van der Waals surface area contributed by atoms with Gasteiger partial charge in [-0.15, -0.1) is 0 Å². The molecule has 2 aromatic carbocycles. The van der Waals surface area contributed by atoms with E-state index in [4.69, 9.17) is 4.42 Å². The molecule has 0 spiro atoms. The molecule has 2 amide bonds. The van der Waals surface area contributed by atoms with Crippen LogP contribution in [0.15, 0.2) is 64.1 Å². The van der Waals surface area contributed by atoms with Crippen LogP contribution in [0.2, 0.25) is 0 Å². The van der Waals surface area contributed by atoms with Gasteiger partial charge in [-0.1, -0.05) is 42.5 Å². The highest BCUT2D eigenvalue weighted by atomic mass is 16.4. The van der Waals surface area contributed by atoms with Gasteiger partial charge >= 0.3 is 0 Å². The van der Waals surface area contributed by atoms with Gasteiger partial charge in [0.05, 0.1) is 5.71 Å². The van der Waals surface area contributed by atoms with Gasteiger partial charge in [-0.05, 0) is 76.0 Å². The molecule has 1 N–H and O–H groups in total. The normalized spacial score (nSPS) is 17.4. The zero-order valence-corrected chi connectivity index (χ0v) is 21.8. The maximum atomic E-state index is 13.4. The summed E-state index contributed by atoms with van der Waals surface area (Å²) in [4.78, 5) is 30.3. The van der Waals surface area contributed by atoms with Crippen LogP contribution < -0.4 is 5.43 Å². The molecule has 0 radical (unpaired) electrons. The van der Waals surface area contributed by atoms with Crippen LogP contribution in [0.5, 0.6) is 0 Å². The molecule has 1 fully saturated rings. The predicted molar refractivity (Wildman–Crippen MR) is 145 cm³/mol. The Labute approximate surface area is 218 Å². The van der Waals surface area contributed by atoms with E-state index in [0.29, 0.717) is 11.3 Å². The Balaban J connectivity index is 1.31. The van der Waals surface area contributed by atoms with Crippen molar-refractivity contribution >= 4 is 17.5 Å². The monoisotopic (exact) mass is 498 g/mol. The maximum Gasteiger partial charge on any atom is 0.289 e. The van der Waals surface area contributed by atoms with E-state index >= 15 is 0 Å². The number of carbonyl (C=O) groups is 2. The summed E-state index contributed by atoms with van der Waals surface area (Å²) in [7, 11) is 3.99. The molecule has 192 valence electrons. The lowest BCUT2D eigenvalue weighted by atomic mass is 9.93. The van der Waals surface area contributed by atoms with Crippen LogP contribution in [0.4, 0.5) is 0 Å². The fourth-order valence-electron chi connectivity index (χ4n) is 5.32. The van der Waals surface area contributed by atoms with Gasteiger partial charge in [-0.3, -0.25) is 9.59 Å². The Morgan fingerprint density at radius 3 is 2.38 bits per heavy atom. The molecule has 2 heterocycles. The molecule has 0 atom stereocenters. The maximum absolute atomic E-state index is 13.4. The Bertz CT molecular complexity index is 1300. The fraction of sp³-hybridized carbons (Fsp3) is 0.367. The minimum Gasteiger partial charge on any atom is -0.455 e. The first-order valence-corrected chi connectivity index (χ1v) is 13.0. The summed E-state index contributed by atoms with van der Waals surface area (Å²) in [5, 5.41) is 4.48. The molecule has 5 rings (SSSR count). The third kappa shape index (κ3) is 5.23. The van der Waals surface area contributed by atoms with Crippen molar-refractivity contribution in [2.24, 2.45) is 5.10 Å². The number of amides is 2. The third-order valence-corrected chi connectivity index (χ3v) is 7.62. The first-order valence-electron chi connectivity index (χ1n) is 13.0. The summed E-state index contributed by atoms with van der Waals surface area (Å²) in [6.45, 7) is 3.89. The number of fused-ring (bicyclic) bond motifs is 1. The number of benzene rings is 2. The Morgan fingerprint density at radius 2 is 1.68 bits per heavy atom. The predicted octanol–water partition coefficient (Wildman–Crippen LogP) is 4.89. The number of hydrogen-bond acceptors (Lipinski definition) is 5. The number of aryl methyl sites for hydroxylation is 1. The second kappa shape index (κ2) is 10.7. The van der Waals surface area contributed by atoms with Gasteiger partial charge in [0.1, 0.15) is 5.76 Å². The Hall–Kier alpha value is -3.71. The van der Waals surface area contributed by atoms with Crippen molar-refractivity contribution in [2.45, 2.75) is 45.1 Å². The molecule has 1 aromatic heterocycles. The summed E-state index contributed by atoms with van der Waals surface area (Å²) in [6, 6.07) is 17.8. The Kier molecular flexibility index (Phi) is 7.24. The molecule has 7 heteroatoms. The molecule has 0 saturated carbocycles. The molecular weight excluding hydrogens is 464 g/mol. The lowest BCUT2D eigenvalue weighted by Crippen LogP contribution is -2.44. The number of hydrogen-bond donors (Lipinski definition) is 1. The van der Waals surface area contributed by atoms with Crippen molar-refractivity contribution in [1.82, 2.24) is 15.2 Å². The largest absolute Gasteiger partial charge is 0.455 e. The molecule has 3 aromatic rings. The number of piperidine rings is 1. The quantitative estimate of drug-likeness (QED) is 0.508. The van der Waals surface area contributed by atoms with E-state index < -0.39 is 0 Å². The number of furan rings is 1. The highest BCUT2D eigenvalue weighted by molar-refractivity contribution is 6.07. The summed E-state index contributed by atoms with van der Waals surface area (Å²) >= 11 is 0. The SMILES string of the molecule is Cc1c(C(=O)N(C)C2CCN(C)CC2)oc2c1/C(=N/NC(=O)c1ccc(-c3ccccc3)cc1)CCC2. The van der Waals surface area contributed by atoms with Crippen LogP contribution in [0.3, 0.4) is 0 Å². The highest BCUT2D eigenvalue weighted by Crippen LogP contribution is 2.31. The molecule has 37 heavy (non-hydrogen) atoms. The van der Waals surface area contributed by atoms with E-state index in [1.54, 1.807) is 0 Å². The number of rotatable bonds is 5. The minimum atomic E-state index is -0.265. The van der Waals surface area contributed by atoms with E-state index in [2.05, 4.69) is 22.5 Å². The number of nitrogens with zero attached hydrogens (tertiary/aromatic N) is 3. The summed E-state index contributed by atoms with van der Waals surface area (Å²) in [5.41, 5.74) is 7.85. The molecule has 1 aliphatic heterocycles. The first kappa shape index (κ1) is 25.0. The van der Waals surface area contributed by atoms with Crippen molar-refractivity contribution in [3.8, 4) is 11.1 Å². The lowest BCUT2D eigenvalue weighted by Gasteiger charge is -2.34. The topological polar surface area (TPSA) is 78.2 Å². The molecule has 2 aliphatic rings. The summed E-state index contributed by atoms with van der Waals surface area (Å²) < 4.78 is 6.11. The van der Waals surface area contributed by atoms with Crippen LogP contribution in [0, 0.1) is 6.92 Å². The number of hydrazone groups is 1. The minimum absolute atomic E-state index is 0.0802. The van der Waals surface area contributed by atoms with Crippen LogP contribution in [-0.2, 0) is 6.42 Å². The third-order valence-electron chi connectivity index (χ3n) is 7.62. The number of carbonyl (C=O) groups excluding carboxylic acids is 2. The molecule has 0 bridgehead atoms. The van der Waals surface area contributed by atoms with E-state index in [-0.39, 0.29) is 17.9 Å². The smallest absolute Gasteiger partial charge is 0.289 e. The Morgan fingerprint density at radius 1 is 1.00 bits per heavy atom. The van der Waals surface area contributed by atoms with Gasteiger partial charge in [0, 0.05) is 36.2 Å². The van der Waals surface area contributed by atoms with E-state index in [1.807, 2.05) is 73.5 Å². The van der Waals surface area contributed by atoms with Crippen molar-refractivity contribution in [3.63, 3.8) is 0 Å². The highest BCUT2D eigenvalue weighted by Gasteiger charge is 2.32. The van der Waals surface area contributed by atoms with Gasteiger partial charge < -0.3 is 14.2 Å². The lowest BCUT2D eigenvalue weighted by molar-refractivity contribution is 0.0625. The average molecular weight is 499 g/mol. The number of nitrogens with one attached hydrogen (secondary N) is 1. The summed E-state index contributed by atoms with van der Waals surface area (Å²) in [5.74, 6) is 0.829. The van der Waals surface area contributed by atoms with Gasteiger partial charge in [-0.2, -0.15) is 5.10 Å². The van der Waals surface area contributed by atoms with E-state index in [0.717, 1.165) is 78.9 Å². The van der Waals surface area contributed by atoms with Gasteiger partial charge in [0.2, 0.25) is 0 Å². The fourth-order valence-corrected chi connectivity index (χ4v) is 5.32. The van der Waals surface area contributed by atoms with E-state index in [1.165, 1.54) is 0 Å². The van der Waals surface area contributed by atoms with Crippen molar-refractivity contribution in [2.75, 3.05) is 27.2 Å². The van der Waals surface area contributed by atoms with Gasteiger partial charge in [-0.25, -0.2) is 5.43 Å². The first-order chi connectivity index (χ1) is 17.9. The molecule has 0 unspecified atom stereocenters. The van der Waals surface area contributed by atoms with Crippen LogP contribution in [-0.4, -0.2) is 60.6 Å². The van der Waals surface area contributed by atoms with E-state index in [9.17, 15) is 9.59 Å². The van der Waals surface area contributed by atoms with Gasteiger partial charge in [0.25, 0.3) is 11.8 Å². The second-order valence-electron chi connectivity index (χ2n) is 10.1. The van der Waals surface area contributed by atoms with Crippen molar-refractivity contribution in [3.05, 3.63) is 82.8 Å². The average Bonchev–Trinajstić information content (AvgIpc) is 3.28. The van der Waals surface area contributed by atoms with Crippen LogP contribution in [0.25, 0.3) is 11.1 Å². The zero-order chi connectivity index (χ0) is 25.9. The van der Waals surface area contributed by atoms with Crippen molar-refractivity contribution in [1.29, 1.82) is 0 Å². The van der Waals surface area contributed by atoms with Gasteiger partial charge in [0.15, 0.2) is 5.76 Å². The molecule has 1 aliphatic carbocycles. The standard InChI is InChI=1S/C30H34N4O3/c1-20-27-25(31-32-29(35)23-14-12-22(13-15-23)21-8-5-4-6-9-21)10-7-11-26(27)37-28(20)30(36)34(3)24-16-18-33(2)19-17-24/h4-6,8-9,12-15,24H,7,10-11,16-19H2,1-3H3,(H,32,35)/b31-25+. The molecule has 1 saturated heterocycles.